The normalized spacial score (nSPS) is 14.8. The Morgan fingerprint density at radius 1 is 1.30 bits per heavy atom. The number of carbonyl (C=O) groups is 1. The fourth-order valence-electron chi connectivity index (χ4n) is 2.66. The molecule has 1 atom stereocenters. The molecule has 2 rings (SSSR count). The summed E-state index contributed by atoms with van der Waals surface area (Å²) in [7, 11) is 0. The van der Waals surface area contributed by atoms with Gasteiger partial charge in [-0.05, 0) is 49.4 Å². The molecule has 1 amide bonds. The Bertz CT molecular complexity index is 468. The number of hydrogen-bond acceptors (Lipinski definition) is 2. The lowest BCUT2D eigenvalue weighted by molar-refractivity contribution is 0.0937. The summed E-state index contributed by atoms with van der Waals surface area (Å²) in [6.45, 7) is 7.54. The largest absolute Gasteiger partial charge is 0.384 e. The summed E-state index contributed by atoms with van der Waals surface area (Å²) >= 11 is 0. The van der Waals surface area contributed by atoms with Crippen LogP contribution in [0.3, 0.4) is 0 Å². The Morgan fingerprint density at radius 3 is 2.85 bits per heavy atom. The highest BCUT2D eigenvalue weighted by molar-refractivity contribution is 5.95. The molecular formula is C17H26N2O. The highest BCUT2D eigenvalue weighted by Crippen LogP contribution is 2.23. The number of hydrogen-bond donors (Lipinski definition) is 2. The van der Waals surface area contributed by atoms with E-state index >= 15 is 0 Å². The molecule has 0 aromatic heterocycles. The molecule has 0 saturated carbocycles. The van der Waals surface area contributed by atoms with Gasteiger partial charge in [0.1, 0.15) is 0 Å². The first kappa shape index (κ1) is 14.9. The van der Waals surface area contributed by atoms with Gasteiger partial charge < -0.3 is 10.6 Å². The van der Waals surface area contributed by atoms with Crippen LogP contribution in [0, 0.1) is 5.92 Å². The molecule has 20 heavy (non-hydrogen) atoms. The first-order valence-electron chi connectivity index (χ1n) is 7.74. The lowest BCUT2D eigenvalue weighted by Crippen LogP contribution is -2.32. The molecule has 3 heteroatoms. The average Bonchev–Trinajstić information content (AvgIpc) is 2.85. The van der Waals surface area contributed by atoms with Crippen LogP contribution < -0.4 is 10.6 Å². The molecular weight excluding hydrogens is 248 g/mol. The second-order valence-electron chi connectivity index (χ2n) is 6.25. The van der Waals surface area contributed by atoms with Gasteiger partial charge in [0, 0.05) is 23.8 Å². The van der Waals surface area contributed by atoms with Gasteiger partial charge in [0.05, 0.1) is 0 Å². The number of nitrogens with one attached hydrogen (secondary N) is 2. The van der Waals surface area contributed by atoms with Crippen LogP contribution in [0.15, 0.2) is 18.2 Å². The molecule has 0 saturated heterocycles. The van der Waals surface area contributed by atoms with Gasteiger partial charge in [-0.15, -0.1) is 0 Å². The van der Waals surface area contributed by atoms with Gasteiger partial charge in [-0.3, -0.25) is 4.79 Å². The summed E-state index contributed by atoms with van der Waals surface area (Å²) in [6.07, 6.45) is 4.47. The molecule has 1 aromatic carbocycles. The first-order chi connectivity index (χ1) is 9.56. The molecule has 0 fully saturated rings. The molecule has 1 heterocycles. The number of benzene rings is 1. The van der Waals surface area contributed by atoms with Crippen molar-refractivity contribution in [3.63, 3.8) is 0 Å². The fraction of sp³-hybridized carbons (Fsp3) is 0.588. The topological polar surface area (TPSA) is 41.1 Å². The molecule has 0 radical (unpaired) electrons. The van der Waals surface area contributed by atoms with Crippen LogP contribution >= 0.6 is 0 Å². The third kappa shape index (κ3) is 3.99. The van der Waals surface area contributed by atoms with Gasteiger partial charge in [0.25, 0.3) is 5.91 Å². The van der Waals surface area contributed by atoms with Crippen LogP contribution in [-0.2, 0) is 6.42 Å². The first-order valence-corrected chi connectivity index (χ1v) is 7.74. The maximum Gasteiger partial charge on any atom is 0.251 e. The van der Waals surface area contributed by atoms with Crippen molar-refractivity contribution in [2.75, 3.05) is 11.9 Å². The highest BCUT2D eigenvalue weighted by Gasteiger charge is 2.14. The predicted molar refractivity (Wildman–Crippen MR) is 84.3 cm³/mol. The van der Waals surface area contributed by atoms with Gasteiger partial charge in [-0.25, -0.2) is 0 Å². The minimum atomic E-state index is 0.0525. The van der Waals surface area contributed by atoms with Crippen LogP contribution in [0.25, 0.3) is 0 Å². The summed E-state index contributed by atoms with van der Waals surface area (Å²) in [5.74, 6) is 0.791. The van der Waals surface area contributed by atoms with Crippen molar-refractivity contribution >= 4 is 11.6 Å². The predicted octanol–water partition coefficient (Wildman–Crippen LogP) is 3.60. The van der Waals surface area contributed by atoms with Crippen molar-refractivity contribution in [1.82, 2.24) is 5.32 Å². The zero-order chi connectivity index (χ0) is 14.5. The van der Waals surface area contributed by atoms with Crippen LogP contribution in [-0.4, -0.2) is 18.5 Å². The lowest BCUT2D eigenvalue weighted by atomic mass is 10.0. The second kappa shape index (κ2) is 6.78. The van der Waals surface area contributed by atoms with E-state index in [1.54, 1.807) is 0 Å². The SMILES string of the molecule is CC(C)CCCC(C)NC(=O)c1ccc2c(c1)CCN2. The lowest BCUT2D eigenvalue weighted by Gasteiger charge is -2.15. The van der Waals surface area contributed by atoms with Gasteiger partial charge in [0.15, 0.2) is 0 Å². The number of fused-ring (bicyclic) bond motifs is 1. The maximum atomic E-state index is 12.2. The molecule has 1 aromatic rings. The number of carbonyl (C=O) groups excluding carboxylic acids is 1. The molecule has 110 valence electrons. The summed E-state index contributed by atoms with van der Waals surface area (Å²) in [4.78, 5) is 12.2. The summed E-state index contributed by atoms with van der Waals surface area (Å²) in [5.41, 5.74) is 3.21. The molecule has 0 aliphatic carbocycles. The standard InChI is InChI=1S/C17H26N2O/c1-12(2)5-4-6-13(3)19-17(20)15-7-8-16-14(11-15)9-10-18-16/h7-8,11-13,18H,4-6,9-10H2,1-3H3,(H,19,20). The number of rotatable bonds is 6. The molecule has 2 N–H and O–H groups in total. The van der Waals surface area contributed by atoms with E-state index in [1.165, 1.54) is 24.1 Å². The minimum absolute atomic E-state index is 0.0525. The maximum absolute atomic E-state index is 12.2. The van der Waals surface area contributed by atoms with E-state index in [0.29, 0.717) is 0 Å². The van der Waals surface area contributed by atoms with Crippen LogP contribution in [0.5, 0.6) is 0 Å². The van der Waals surface area contributed by atoms with E-state index in [1.807, 2.05) is 18.2 Å². The van der Waals surface area contributed by atoms with E-state index in [9.17, 15) is 4.79 Å². The van der Waals surface area contributed by atoms with Crippen molar-refractivity contribution in [2.24, 2.45) is 5.92 Å². The van der Waals surface area contributed by atoms with E-state index < -0.39 is 0 Å². The Balaban J connectivity index is 1.85. The van der Waals surface area contributed by atoms with E-state index in [2.05, 4.69) is 31.4 Å². The van der Waals surface area contributed by atoms with Gasteiger partial charge in [-0.2, -0.15) is 0 Å². The molecule has 1 unspecified atom stereocenters. The fourth-order valence-corrected chi connectivity index (χ4v) is 2.66. The molecule has 0 spiro atoms. The zero-order valence-corrected chi connectivity index (χ0v) is 12.8. The third-order valence-electron chi connectivity index (χ3n) is 3.87. The van der Waals surface area contributed by atoms with Crippen molar-refractivity contribution in [3.05, 3.63) is 29.3 Å². The highest BCUT2D eigenvalue weighted by atomic mass is 16.1. The van der Waals surface area contributed by atoms with E-state index in [4.69, 9.17) is 0 Å². The average molecular weight is 274 g/mol. The van der Waals surface area contributed by atoms with Crippen molar-refractivity contribution in [1.29, 1.82) is 0 Å². The minimum Gasteiger partial charge on any atom is -0.384 e. The molecule has 1 aliphatic heterocycles. The van der Waals surface area contributed by atoms with E-state index in [-0.39, 0.29) is 11.9 Å². The quantitative estimate of drug-likeness (QED) is 0.832. The Kier molecular flexibility index (Phi) is 5.05. The zero-order valence-electron chi connectivity index (χ0n) is 12.8. The number of anilines is 1. The van der Waals surface area contributed by atoms with Crippen LogP contribution in [0.4, 0.5) is 5.69 Å². The van der Waals surface area contributed by atoms with Crippen molar-refractivity contribution in [3.8, 4) is 0 Å². The molecule has 3 nitrogen and oxygen atoms in total. The Morgan fingerprint density at radius 2 is 2.10 bits per heavy atom. The van der Waals surface area contributed by atoms with Gasteiger partial charge >= 0.3 is 0 Å². The van der Waals surface area contributed by atoms with Gasteiger partial charge in [0.2, 0.25) is 0 Å². The Hall–Kier alpha value is -1.51. The smallest absolute Gasteiger partial charge is 0.251 e. The summed E-state index contributed by atoms with van der Waals surface area (Å²) in [5, 5.41) is 6.42. The van der Waals surface area contributed by atoms with Crippen molar-refractivity contribution in [2.45, 2.75) is 52.5 Å². The third-order valence-corrected chi connectivity index (χ3v) is 3.87. The Labute approximate surface area is 122 Å². The monoisotopic (exact) mass is 274 g/mol. The van der Waals surface area contributed by atoms with Crippen LogP contribution in [0.1, 0.15) is 56.0 Å². The summed E-state index contributed by atoms with van der Waals surface area (Å²) < 4.78 is 0. The van der Waals surface area contributed by atoms with E-state index in [0.717, 1.165) is 30.9 Å². The molecule has 0 bridgehead atoms. The number of amides is 1. The summed E-state index contributed by atoms with van der Waals surface area (Å²) in [6, 6.07) is 6.19. The second-order valence-corrected chi connectivity index (χ2v) is 6.25. The van der Waals surface area contributed by atoms with Crippen LogP contribution in [0.2, 0.25) is 0 Å². The van der Waals surface area contributed by atoms with Gasteiger partial charge in [-0.1, -0.05) is 26.7 Å². The van der Waals surface area contributed by atoms with Crippen molar-refractivity contribution < 1.29 is 4.79 Å². The molecule has 1 aliphatic rings.